The van der Waals surface area contributed by atoms with Gasteiger partial charge in [0.15, 0.2) is 0 Å². The van der Waals surface area contributed by atoms with E-state index in [4.69, 9.17) is 0 Å². The maximum atomic E-state index is 4.14. The van der Waals surface area contributed by atoms with E-state index in [0.29, 0.717) is 5.92 Å². The summed E-state index contributed by atoms with van der Waals surface area (Å²) in [6, 6.07) is 10.5. The van der Waals surface area contributed by atoms with Gasteiger partial charge in [0, 0.05) is 37.8 Å². The van der Waals surface area contributed by atoms with Crippen molar-refractivity contribution in [2.24, 2.45) is 7.05 Å². The van der Waals surface area contributed by atoms with Gasteiger partial charge in [-0.2, -0.15) is 5.10 Å². The molecule has 88 valence electrons. The molecule has 0 fully saturated rings. The van der Waals surface area contributed by atoms with Crippen LogP contribution in [0.4, 0.5) is 11.5 Å². The molecule has 1 aromatic heterocycles. The monoisotopic (exact) mass is 228 g/mol. The molecule has 2 heterocycles. The van der Waals surface area contributed by atoms with Crippen LogP contribution in [0, 0.1) is 0 Å². The summed E-state index contributed by atoms with van der Waals surface area (Å²) in [4.78, 5) is 0. The van der Waals surface area contributed by atoms with Gasteiger partial charge in [-0.15, -0.1) is 0 Å². The van der Waals surface area contributed by atoms with Gasteiger partial charge in [-0.1, -0.05) is 18.2 Å². The van der Waals surface area contributed by atoms with Gasteiger partial charge < -0.3 is 10.6 Å². The van der Waals surface area contributed by atoms with Crippen LogP contribution in [-0.2, 0) is 7.05 Å². The Morgan fingerprint density at radius 3 is 3.12 bits per heavy atom. The van der Waals surface area contributed by atoms with E-state index in [0.717, 1.165) is 18.9 Å². The fraction of sp³-hybridized carbons (Fsp3) is 0.308. The number of nitrogens with zero attached hydrogens (tertiary/aromatic N) is 2. The van der Waals surface area contributed by atoms with Gasteiger partial charge in [0.1, 0.15) is 5.82 Å². The molecule has 2 N–H and O–H groups in total. The standard InChI is InChI=1S/C13H16N4/c1-17-13(6-7-16-17)15-9-10-8-14-12-5-3-2-4-11(10)12/h2-7,10,14-15H,8-9H2,1H3. The fourth-order valence-electron chi connectivity index (χ4n) is 2.31. The molecule has 1 aliphatic rings. The van der Waals surface area contributed by atoms with E-state index in [9.17, 15) is 0 Å². The number of para-hydroxylation sites is 1. The first-order valence-electron chi connectivity index (χ1n) is 5.89. The molecule has 0 amide bonds. The summed E-state index contributed by atoms with van der Waals surface area (Å²) in [5, 5.41) is 11.0. The molecule has 1 atom stereocenters. The van der Waals surface area contributed by atoms with E-state index >= 15 is 0 Å². The molecule has 4 nitrogen and oxygen atoms in total. The molecule has 17 heavy (non-hydrogen) atoms. The lowest BCUT2D eigenvalue weighted by Crippen LogP contribution is -2.16. The molecule has 4 heteroatoms. The molecule has 0 radical (unpaired) electrons. The van der Waals surface area contributed by atoms with Gasteiger partial charge >= 0.3 is 0 Å². The zero-order valence-corrected chi connectivity index (χ0v) is 9.85. The summed E-state index contributed by atoms with van der Waals surface area (Å²) in [6.07, 6.45) is 1.81. The van der Waals surface area contributed by atoms with Crippen LogP contribution in [0.25, 0.3) is 0 Å². The van der Waals surface area contributed by atoms with Crippen molar-refractivity contribution in [3.63, 3.8) is 0 Å². The topological polar surface area (TPSA) is 41.9 Å². The van der Waals surface area contributed by atoms with Crippen LogP contribution in [0.5, 0.6) is 0 Å². The Morgan fingerprint density at radius 1 is 1.41 bits per heavy atom. The number of fused-ring (bicyclic) bond motifs is 1. The van der Waals surface area contributed by atoms with Crippen molar-refractivity contribution in [1.82, 2.24) is 9.78 Å². The van der Waals surface area contributed by atoms with Crippen molar-refractivity contribution in [2.45, 2.75) is 5.92 Å². The third-order valence-corrected chi connectivity index (χ3v) is 3.29. The van der Waals surface area contributed by atoms with Crippen LogP contribution in [0.2, 0.25) is 0 Å². The molecule has 0 aliphatic carbocycles. The Kier molecular flexibility index (Phi) is 2.48. The minimum absolute atomic E-state index is 0.529. The Hall–Kier alpha value is -1.97. The Balaban J connectivity index is 1.70. The fourth-order valence-corrected chi connectivity index (χ4v) is 2.31. The minimum Gasteiger partial charge on any atom is -0.384 e. The second-order valence-electron chi connectivity index (χ2n) is 4.39. The Morgan fingerprint density at radius 2 is 2.29 bits per heavy atom. The average Bonchev–Trinajstić information content (AvgIpc) is 2.93. The first-order chi connectivity index (χ1) is 8.34. The smallest absolute Gasteiger partial charge is 0.123 e. The van der Waals surface area contributed by atoms with Crippen LogP contribution in [0.3, 0.4) is 0 Å². The summed E-state index contributed by atoms with van der Waals surface area (Å²) in [5.74, 6) is 1.59. The number of hydrogen-bond acceptors (Lipinski definition) is 3. The van der Waals surface area contributed by atoms with Crippen molar-refractivity contribution >= 4 is 11.5 Å². The molecular weight excluding hydrogens is 212 g/mol. The van der Waals surface area contributed by atoms with Crippen LogP contribution in [0.15, 0.2) is 36.5 Å². The second kappa shape index (κ2) is 4.13. The maximum absolute atomic E-state index is 4.14. The zero-order chi connectivity index (χ0) is 11.7. The molecule has 2 aromatic rings. The molecule has 0 bridgehead atoms. The summed E-state index contributed by atoms with van der Waals surface area (Å²) >= 11 is 0. The molecule has 1 unspecified atom stereocenters. The number of anilines is 2. The largest absolute Gasteiger partial charge is 0.384 e. The predicted octanol–water partition coefficient (Wildman–Crippen LogP) is 2.04. The van der Waals surface area contributed by atoms with Crippen molar-refractivity contribution in [1.29, 1.82) is 0 Å². The van der Waals surface area contributed by atoms with Crippen molar-refractivity contribution in [3.8, 4) is 0 Å². The predicted molar refractivity (Wildman–Crippen MR) is 69.4 cm³/mol. The van der Waals surface area contributed by atoms with Crippen molar-refractivity contribution in [2.75, 3.05) is 23.7 Å². The van der Waals surface area contributed by atoms with Gasteiger partial charge in [0.05, 0.1) is 6.20 Å². The average molecular weight is 228 g/mol. The highest BCUT2D eigenvalue weighted by Crippen LogP contribution is 2.30. The van der Waals surface area contributed by atoms with Crippen LogP contribution in [-0.4, -0.2) is 22.9 Å². The molecule has 1 aliphatic heterocycles. The highest BCUT2D eigenvalue weighted by molar-refractivity contribution is 5.58. The summed E-state index contributed by atoms with van der Waals surface area (Å²) < 4.78 is 1.86. The van der Waals surface area contributed by atoms with E-state index in [-0.39, 0.29) is 0 Å². The zero-order valence-electron chi connectivity index (χ0n) is 9.85. The third-order valence-electron chi connectivity index (χ3n) is 3.29. The van der Waals surface area contributed by atoms with Crippen LogP contribution >= 0.6 is 0 Å². The van der Waals surface area contributed by atoms with Crippen LogP contribution < -0.4 is 10.6 Å². The van der Waals surface area contributed by atoms with E-state index in [1.165, 1.54) is 11.3 Å². The number of hydrogen-bond donors (Lipinski definition) is 2. The number of nitrogens with one attached hydrogen (secondary N) is 2. The summed E-state index contributed by atoms with van der Waals surface area (Å²) in [7, 11) is 1.95. The summed E-state index contributed by atoms with van der Waals surface area (Å²) in [6.45, 7) is 1.94. The lowest BCUT2D eigenvalue weighted by atomic mass is 10.0. The van der Waals surface area contributed by atoms with Crippen LogP contribution in [0.1, 0.15) is 11.5 Å². The second-order valence-corrected chi connectivity index (χ2v) is 4.39. The number of benzene rings is 1. The quantitative estimate of drug-likeness (QED) is 0.844. The van der Waals surface area contributed by atoms with E-state index in [2.05, 4.69) is 40.0 Å². The molecule has 0 spiro atoms. The Labute approximate surface area is 101 Å². The minimum atomic E-state index is 0.529. The first-order valence-corrected chi connectivity index (χ1v) is 5.89. The van der Waals surface area contributed by atoms with E-state index in [1.54, 1.807) is 0 Å². The van der Waals surface area contributed by atoms with E-state index < -0.39 is 0 Å². The number of aryl methyl sites for hydroxylation is 1. The third kappa shape index (κ3) is 1.86. The maximum Gasteiger partial charge on any atom is 0.123 e. The van der Waals surface area contributed by atoms with Gasteiger partial charge in [0.25, 0.3) is 0 Å². The highest BCUT2D eigenvalue weighted by Gasteiger charge is 2.21. The SMILES string of the molecule is Cn1nccc1NCC1CNc2ccccc21. The Bertz CT molecular complexity index is 518. The molecule has 0 saturated heterocycles. The van der Waals surface area contributed by atoms with Gasteiger partial charge in [0.2, 0.25) is 0 Å². The lowest BCUT2D eigenvalue weighted by Gasteiger charge is -2.12. The normalized spacial score (nSPS) is 17.6. The first kappa shape index (κ1) is 10.2. The van der Waals surface area contributed by atoms with Gasteiger partial charge in [-0.05, 0) is 11.6 Å². The molecule has 1 aromatic carbocycles. The highest BCUT2D eigenvalue weighted by atomic mass is 15.3. The number of rotatable bonds is 3. The van der Waals surface area contributed by atoms with Gasteiger partial charge in [-0.3, -0.25) is 4.68 Å². The number of aromatic nitrogens is 2. The van der Waals surface area contributed by atoms with Crippen molar-refractivity contribution in [3.05, 3.63) is 42.1 Å². The summed E-state index contributed by atoms with van der Waals surface area (Å²) in [5.41, 5.74) is 2.67. The van der Waals surface area contributed by atoms with Crippen molar-refractivity contribution < 1.29 is 0 Å². The molecule has 0 saturated carbocycles. The molecular formula is C13H16N4. The lowest BCUT2D eigenvalue weighted by molar-refractivity contribution is 0.745. The molecule has 3 rings (SSSR count). The van der Waals surface area contributed by atoms with Gasteiger partial charge in [-0.25, -0.2) is 0 Å². The van der Waals surface area contributed by atoms with E-state index in [1.807, 2.05) is 24.0 Å².